The van der Waals surface area contributed by atoms with Gasteiger partial charge in [0.05, 0.1) is 6.42 Å². The number of H-pyrrole nitrogens is 2. The van der Waals surface area contributed by atoms with Gasteiger partial charge in [0.25, 0.3) is 11.5 Å². The third kappa shape index (κ3) is 6.07. The summed E-state index contributed by atoms with van der Waals surface area (Å²) in [6, 6.07) is 0.351. The molecule has 0 bridgehead atoms. The third-order valence-electron chi connectivity index (χ3n) is 2.62. The third-order valence-corrected chi connectivity index (χ3v) is 2.62. The summed E-state index contributed by atoms with van der Waals surface area (Å²) in [4.78, 5) is 49.3. The summed E-state index contributed by atoms with van der Waals surface area (Å²) in [7, 11) is 0. The predicted octanol–water partition coefficient (Wildman–Crippen LogP) is 0.0725. The van der Waals surface area contributed by atoms with E-state index in [2.05, 4.69) is 10.3 Å². The maximum atomic E-state index is 12.0. The van der Waals surface area contributed by atoms with Crippen LogP contribution in [0.2, 0.25) is 0 Å². The SMILES string of the molecule is CC(C)(C)CC(CC(=O)O)NC(=O)c1cc(=O)[nH]c(=O)[nH]1. The highest BCUT2D eigenvalue weighted by atomic mass is 16.4. The first-order chi connectivity index (χ1) is 9.56. The van der Waals surface area contributed by atoms with E-state index in [4.69, 9.17) is 5.11 Å². The minimum absolute atomic E-state index is 0.186. The number of aliphatic carboxylic acids is 1. The van der Waals surface area contributed by atoms with Crippen LogP contribution in [-0.4, -0.2) is 33.0 Å². The molecular weight excluding hydrogens is 278 g/mol. The average molecular weight is 297 g/mol. The Kier molecular flexibility index (Phi) is 5.07. The van der Waals surface area contributed by atoms with Gasteiger partial charge in [-0.25, -0.2) is 4.79 Å². The molecule has 116 valence electrons. The molecule has 4 N–H and O–H groups in total. The summed E-state index contributed by atoms with van der Waals surface area (Å²) < 4.78 is 0. The zero-order valence-electron chi connectivity index (χ0n) is 12.1. The number of aromatic amines is 2. The summed E-state index contributed by atoms with van der Waals surface area (Å²) in [5.41, 5.74) is -1.88. The Morgan fingerprint density at radius 1 is 1.29 bits per heavy atom. The zero-order chi connectivity index (χ0) is 16.2. The van der Waals surface area contributed by atoms with Gasteiger partial charge in [0, 0.05) is 12.1 Å². The van der Waals surface area contributed by atoms with Gasteiger partial charge >= 0.3 is 11.7 Å². The Morgan fingerprint density at radius 3 is 2.38 bits per heavy atom. The van der Waals surface area contributed by atoms with Crippen LogP contribution >= 0.6 is 0 Å². The van der Waals surface area contributed by atoms with E-state index in [9.17, 15) is 19.2 Å². The van der Waals surface area contributed by atoms with Gasteiger partial charge in [-0.1, -0.05) is 20.8 Å². The molecule has 0 aromatic carbocycles. The second-order valence-electron chi connectivity index (χ2n) is 6.03. The van der Waals surface area contributed by atoms with Crippen molar-refractivity contribution in [2.45, 2.75) is 39.7 Å². The van der Waals surface area contributed by atoms with E-state index in [1.807, 2.05) is 25.8 Å². The molecule has 0 radical (unpaired) electrons. The number of hydrogen-bond donors (Lipinski definition) is 4. The number of aromatic nitrogens is 2. The predicted molar refractivity (Wildman–Crippen MR) is 75.3 cm³/mol. The number of carbonyl (C=O) groups excluding carboxylic acids is 1. The van der Waals surface area contributed by atoms with Gasteiger partial charge in [-0.15, -0.1) is 0 Å². The maximum Gasteiger partial charge on any atom is 0.326 e. The minimum Gasteiger partial charge on any atom is -0.481 e. The molecule has 0 saturated heterocycles. The molecule has 21 heavy (non-hydrogen) atoms. The van der Waals surface area contributed by atoms with E-state index in [0.717, 1.165) is 6.07 Å². The van der Waals surface area contributed by atoms with Gasteiger partial charge < -0.3 is 15.4 Å². The van der Waals surface area contributed by atoms with Gasteiger partial charge in [0.2, 0.25) is 0 Å². The largest absolute Gasteiger partial charge is 0.481 e. The topological polar surface area (TPSA) is 132 Å². The number of hydrogen-bond acceptors (Lipinski definition) is 4. The molecule has 1 atom stereocenters. The Bertz CT molecular complexity index is 610. The molecule has 0 aliphatic rings. The number of carbonyl (C=O) groups is 2. The summed E-state index contributed by atoms with van der Waals surface area (Å²) >= 11 is 0. The minimum atomic E-state index is -1.04. The van der Waals surface area contributed by atoms with E-state index in [0.29, 0.717) is 6.42 Å². The average Bonchev–Trinajstić information content (AvgIpc) is 2.23. The van der Waals surface area contributed by atoms with Crippen LogP contribution in [0.5, 0.6) is 0 Å². The number of carboxylic acids is 1. The molecule has 1 aromatic rings. The second kappa shape index (κ2) is 6.38. The summed E-state index contributed by atoms with van der Waals surface area (Å²) in [6.45, 7) is 5.76. The molecule has 0 spiro atoms. The first-order valence-corrected chi connectivity index (χ1v) is 6.43. The van der Waals surface area contributed by atoms with Crippen molar-refractivity contribution in [3.8, 4) is 0 Å². The molecular formula is C13H19N3O5. The van der Waals surface area contributed by atoms with Gasteiger partial charge in [0.1, 0.15) is 5.69 Å². The van der Waals surface area contributed by atoms with Gasteiger partial charge in [0.15, 0.2) is 0 Å². The number of nitrogens with one attached hydrogen (secondary N) is 3. The van der Waals surface area contributed by atoms with E-state index >= 15 is 0 Å². The van der Waals surface area contributed by atoms with E-state index < -0.39 is 29.2 Å². The first kappa shape index (κ1) is 16.7. The summed E-state index contributed by atoms with van der Waals surface area (Å²) in [6.07, 6.45) is 0.203. The molecule has 1 aromatic heterocycles. The van der Waals surface area contributed by atoms with Gasteiger partial charge in [-0.2, -0.15) is 0 Å². The number of rotatable bonds is 5. The van der Waals surface area contributed by atoms with Crippen molar-refractivity contribution in [3.63, 3.8) is 0 Å². The van der Waals surface area contributed by atoms with Crippen LogP contribution in [0.1, 0.15) is 44.1 Å². The summed E-state index contributed by atoms with van der Waals surface area (Å²) in [5.74, 6) is -1.72. The summed E-state index contributed by atoms with van der Waals surface area (Å²) in [5, 5.41) is 11.4. The molecule has 1 unspecified atom stereocenters. The van der Waals surface area contributed by atoms with Crippen LogP contribution < -0.4 is 16.6 Å². The molecule has 8 heteroatoms. The molecule has 0 aliphatic heterocycles. The van der Waals surface area contributed by atoms with Crippen molar-refractivity contribution in [2.75, 3.05) is 0 Å². The first-order valence-electron chi connectivity index (χ1n) is 6.43. The van der Waals surface area contributed by atoms with Crippen molar-refractivity contribution < 1.29 is 14.7 Å². The molecule has 8 nitrogen and oxygen atoms in total. The zero-order valence-corrected chi connectivity index (χ0v) is 12.1. The van der Waals surface area contributed by atoms with Crippen molar-refractivity contribution in [1.29, 1.82) is 0 Å². The smallest absolute Gasteiger partial charge is 0.326 e. The quantitative estimate of drug-likeness (QED) is 0.610. The highest BCUT2D eigenvalue weighted by molar-refractivity contribution is 5.92. The monoisotopic (exact) mass is 297 g/mol. The lowest BCUT2D eigenvalue weighted by Crippen LogP contribution is -2.40. The maximum absolute atomic E-state index is 12.0. The van der Waals surface area contributed by atoms with Crippen molar-refractivity contribution in [2.24, 2.45) is 5.41 Å². The lowest BCUT2D eigenvalue weighted by molar-refractivity contribution is -0.137. The molecule has 1 heterocycles. The number of amides is 1. The van der Waals surface area contributed by atoms with Crippen LogP contribution in [0, 0.1) is 5.41 Å². The van der Waals surface area contributed by atoms with Crippen LogP contribution in [0.4, 0.5) is 0 Å². The van der Waals surface area contributed by atoms with Crippen molar-refractivity contribution in [3.05, 3.63) is 32.6 Å². The normalized spacial score (nSPS) is 12.7. The fourth-order valence-electron chi connectivity index (χ4n) is 1.98. The Hall–Kier alpha value is -2.38. The fraction of sp³-hybridized carbons (Fsp3) is 0.538. The van der Waals surface area contributed by atoms with Crippen molar-refractivity contribution in [1.82, 2.24) is 15.3 Å². The van der Waals surface area contributed by atoms with Crippen LogP contribution in [0.15, 0.2) is 15.7 Å². The Balaban J connectivity index is 2.91. The van der Waals surface area contributed by atoms with E-state index in [1.54, 1.807) is 0 Å². The van der Waals surface area contributed by atoms with Crippen LogP contribution in [0.3, 0.4) is 0 Å². The Morgan fingerprint density at radius 2 is 1.90 bits per heavy atom. The van der Waals surface area contributed by atoms with Crippen LogP contribution in [0.25, 0.3) is 0 Å². The van der Waals surface area contributed by atoms with Gasteiger partial charge in [-0.05, 0) is 11.8 Å². The lowest BCUT2D eigenvalue weighted by Gasteiger charge is -2.25. The molecule has 0 fully saturated rings. The molecule has 1 amide bonds. The highest BCUT2D eigenvalue weighted by Gasteiger charge is 2.23. The van der Waals surface area contributed by atoms with Crippen molar-refractivity contribution >= 4 is 11.9 Å². The molecule has 1 rings (SSSR count). The van der Waals surface area contributed by atoms with E-state index in [-0.39, 0.29) is 17.5 Å². The molecule has 0 aliphatic carbocycles. The highest BCUT2D eigenvalue weighted by Crippen LogP contribution is 2.22. The second-order valence-corrected chi connectivity index (χ2v) is 6.03. The Labute approximate surface area is 120 Å². The standard InChI is InChI=1S/C13H19N3O5/c1-13(2,3)6-7(4-10(18)19)14-11(20)8-5-9(17)16-12(21)15-8/h5,7H,4,6H2,1-3H3,(H,14,20)(H,18,19)(H2,15,16,17,21). The number of carboxylic acid groups (broad SMARTS) is 1. The fourth-order valence-corrected chi connectivity index (χ4v) is 1.98. The van der Waals surface area contributed by atoms with Gasteiger partial charge in [-0.3, -0.25) is 19.4 Å². The van der Waals surface area contributed by atoms with E-state index in [1.165, 1.54) is 0 Å². The van der Waals surface area contributed by atoms with Crippen LogP contribution in [-0.2, 0) is 4.79 Å². The molecule has 0 saturated carbocycles. The lowest BCUT2D eigenvalue weighted by atomic mass is 9.87.